The summed E-state index contributed by atoms with van der Waals surface area (Å²) in [6.45, 7) is 10.7. The van der Waals surface area contributed by atoms with Gasteiger partial charge in [0.1, 0.15) is 5.54 Å². The molecule has 0 aromatic heterocycles. The monoisotopic (exact) mass is 223 g/mol. The summed E-state index contributed by atoms with van der Waals surface area (Å²) >= 11 is 0. The Labute approximate surface area is 99.8 Å². The minimum atomic E-state index is -0.352. The van der Waals surface area contributed by atoms with Gasteiger partial charge >= 0.3 is 0 Å². The van der Waals surface area contributed by atoms with Crippen LogP contribution in [0.1, 0.15) is 40.0 Å². The van der Waals surface area contributed by atoms with Crippen LogP contribution in [0.5, 0.6) is 0 Å². The Balaban J connectivity index is 2.34. The van der Waals surface area contributed by atoms with Gasteiger partial charge < -0.3 is 4.90 Å². The van der Waals surface area contributed by atoms with Crippen molar-refractivity contribution in [2.75, 3.05) is 26.2 Å². The average molecular weight is 223 g/mol. The molecule has 92 valence electrons. The van der Waals surface area contributed by atoms with Gasteiger partial charge in [-0.05, 0) is 45.2 Å². The number of nitrogens with zero attached hydrogens (tertiary/aromatic N) is 2. The van der Waals surface area contributed by atoms with Crippen molar-refractivity contribution < 1.29 is 0 Å². The number of piperidine rings is 1. The Bertz CT molecular complexity index is 246. The molecule has 1 fully saturated rings. The average Bonchev–Trinajstić information content (AvgIpc) is 2.27. The fourth-order valence-corrected chi connectivity index (χ4v) is 2.45. The molecule has 1 heterocycles. The van der Waals surface area contributed by atoms with Crippen molar-refractivity contribution in [2.24, 2.45) is 5.92 Å². The zero-order valence-electron chi connectivity index (χ0n) is 10.9. The quantitative estimate of drug-likeness (QED) is 0.775. The topological polar surface area (TPSA) is 39.1 Å². The Morgan fingerprint density at radius 3 is 2.88 bits per heavy atom. The van der Waals surface area contributed by atoms with E-state index in [1.54, 1.807) is 0 Å². The Morgan fingerprint density at radius 2 is 2.31 bits per heavy atom. The third-order valence-corrected chi connectivity index (χ3v) is 3.48. The van der Waals surface area contributed by atoms with Crippen molar-refractivity contribution in [3.8, 4) is 6.07 Å². The standard InChI is InChI=1S/C13H25N3/c1-4-15-13(3,11-14)7-9-16-8-5-6-12(2)10-16/h12,15H,4-10H2,1-3H3. The molecule has 0 radical (unpaired) electrons. The van der Waals surface area contributed by atoms with Gasteiger partial charge in [-0.1, -0.05) is 13.8 Å². The molecule has 0 saturated carbocycles. The van der Waals surface area contributed by atoms with Crippen LogP contribution in [0, 0.1) is 17.2 Å². The maximum Gasteiger partial charge on any atom is 0.105 e. The lowest BCUT2D eigenvalue weighted by molar-refractivity contribution is 0.171. The Kier molecular flexibility index (Phi) is 5.24. The van der Waals surface area contributed by atoms with E-state index in [0.29, 0.717) is 0 Å². The molecule has 1 N–H and O–H groups in total. The lowest BCUT2D eigenvalue weighted by Gasteiger charge is -2.33. The number of hydrogen-bond donors (Lipinski definition) is 1. The van der Waals surface area contributed by atoms with E-state index in [-0.39, 0.29) is 5.54 Å². The summed E-state index contributed by atoms with van der Waals surface area (Å²) in [5.41, 5.74) is -0.352. The van der Waals surface area contributed by atoms with E-state index in [0.717, 1.165) is 25.4 Å². The molecule has 0 bridgehead atoms. The van der Waals surface area contributed by atoms with Crippen molar-refractivity contribution in [3.63, 3.8) is 0 Å². The Hall–Kier alpha value is -0.590. The molecule has 2 unspecified atom stereocenters. The molecule has 0 aromatic rings. The summed E-state index contributed by atoms with van der Waals surface area (Å²) in [5.74, 6) is 0.821. The number of hydrogen-bond acceptors (Lipinski definition) is 3. The second-order valence-electron chi connectivity index (χ2n) is 5.27. The third kappa shape index (κ3) is 4.11. The molecule has 0 spiro atoms. The maximum absolute atomic E-state index is 9.17. The zero-order valence-corrected chi connectivity index (χ0v) is 10.9. The van der Waals surface area contributed by atoms with Gasteiger partial charge in [0.15, 0.2) is 0 Å². The smallest absolute Gasteiger partial charge is 0.105 e. The van der Waals surface area contributed by atoms with Gasteiger partial charge in [0.05, 0.1) is 6.07 Å². The van der Waals surface area contributed by atoms with Gasteiger partial charge in [-0.25, -0.2) is 0 Å². The van der Waals surface area contributed by atoms with Gasteiger partial charge in [-0.15, -0.1) is 0 Å². The predicted molar refractivity (Wildman–Crippen MR) is 67.1 cm³/mol. The van der Waals surface area contributed by atoms with E-state index in [1.165, 1.54) is 25.9 Å². The molecule has 3 nitrogen and oxygen atoms in total. The molecular formula is C13H25N3. The molecular weight excluding hydrogens is 198 g/mol. The lowest BCUT2D eigenvalue weighted by Crippen LogP contribution is -2.45. The minimum absolute atomic E-state index is 0.352. The van der Waals surface area contributed by atoms with Crippen molar-refractivity contribution >= 4 is 0 Å². The predicted octanol–water partition coefficient (Wildman–Crippen LogP) is 2.00. The number of rotatable bonds is 5. The molecule has 1 aliphatic rings. The summed E-state index contributed by atoms with van der Waals surface area (Å²) < 4.78 is 0. The van der Waals surface area contributed by atoms with Crippen molar-refractivity contribution in [3.05, 3.63) is 0 Å². The van der Waals surface area contributed by atoms with E-state index in [2.05, 4.69) is 30.1 Å². The van der Waals surface area contributed by atoms with Crippen LogP contribution < -0.4 is 5.32 Å². The highest BCUT2D eigenvalue weighted by molar-refractivity contribution is 5.03. The first-order valence-corrected chi connectivity index (χ1v) is 6.48. The summed E-state index contributed by atoms with van der Waals surface area (Å²) in [4.78, 5) is 2.50. The SMILES string of the molecule is CCNC(C)(C#N)CCN1CCCC(C)C1. The second kappa shape index (κ2) is 6.22. The number of likely N-dealkylation sites (tertiary alicyclic amines) is 1. The van der Waals surface area contributed by atoms with E-state index in [9.17, 15) is 0 Å². The molecule has 1 saturated heterocycles. The maximum atomic E-state index is 9.17. The van der Waals surface area contributed by atoms with E-state index >= 15 is 0 Å². The van der Waals surface area contributed by atoms with Crippen LogP contribution >= 0.6 is 0 Å². The van der Waals surface area contributed by atoms with Crippen LogP contribution in [-0.2, 0) is 0 Å². The van der Waals surface area contributed by atoms with Crippen LogP contribution in [0.25, 0.3) is 0 Å². The summed E-state index contributed by atoms with van der Waals surface area (Å²) in [5, 5.41) is 12.4. The van der Waals surface area contributed by atoms with Gasteiger partial charge in [0.25, 0.3) is 0 Å². The minimum Gasteiger partial charge on any atom is -0.303 e. The molecule has 1 aliphatic heterocycles. The normalized spacial score (nSPS) is 26.0. The van der Waals surface area contributed by atoms with Crippen LogP contribution in [0.15, 0.2) is 0 Å². The fourth-order valence-electron chi connectivity index (χ4n) is 2.45. The summed E-state index contributed by atoms with van der Waals surface area (Å²) in [7, 11) is 0. The molecule has 0 aliphatic carbocycles. The van der Waals surface area contributed by atoms with Crippen LogP contribution in [0.2, 0.25) is 0 Å². The van der Waals surface area contributed by atoms with E-state index in [4.69, 9.17) is 5.26 Å². The van der Waals surface area contributed by atoms with Crippen molar-refractivity contribution in [1.29, 1.82) is 5.26 Å². The number of nitrogens with one attached hydrogen (secondary N) is 1. The second-order valence-corrected chi connectivity index (χ2v) is 5.27. The van der Waals surface area contributed by atoms with Crippen molar-refractivity contribution in [2.45, 2.75) is 45.6 Å². The first-order chi connectivity index (χ1) is 7.59. The highest BCUT2D eigenvalue weighted by Gasteiger charge is 2.24. The first-order valence-electron chi connectivity index (χ1n) is 6.48. The van der Waals surface area contributed by atoms with Crippen LogP contribution in [0.4, 0.5) is 0 Å². The zero-order chi connectivity index (χ0) is 12.0. The van der Waals surface area contributed by atoms with Gasteiger partial charge in [0.2, 0.25) is 0 Å². The van der Waals surface area contributed by atoms with Crippen LogP contribution in [0.3, 0.4) is 0 Å². The van der Waals surface area contributed by atoms with E-state index in [1.807, 2.05) is 6.92 Å². The Morgan fingerprint density at radius 1 is 1.56 bits per heavy atom. The highest BCUT2D eigenvalue weighted by Crippen LogP contribution is 2.17. The fraction of sp³-hybridized carbons (Fsp3) is 0.923. The molecule has 1 rings (SSSR count). The largest absolute Gasteiger partial charge is 0.303 e. The highest BCUT2D eigenvalue weighted by atomic mass is 15.1. The number of nitriles is 1. The van der Waals surface area contributed by atoms with Gasteiger partial charge in [-0.2, -0.15) is 5.26 Å². The first kappa shape index (κ1) is 13.5. The third-order valence-electron chi connectivity index (χ3n) is 3.48. The van der Waals surface area contributed by atoms with Gasteiger partial charge in [-0.3, -0.25) is 5.32 Å². The van der Waals surface area contributed by atoms with Crippen LogP contribution in [-0.4, -0.2) is 36.6 Å². The van der Waals surface area contributed by atoms with Crippen molar-refractivity contribution in [1.82, 2.24) is 10.2 Å². The molecule has 16 heavy (non-hydrogen) atoms. The lowest BCUT2D eigenvalue weighted by atomic mass is 9.96. The van der Waals surface area contributed by atoms with Gasteiger partial charge in [0, 0.05) is 13.1 Å². The molecule has 3 heteroatoms. The van der Waals surface area contributed by atoms with E-state index < -0.39 is 0 Å². The molecule has 2 atom stereocenters. The summed E-state index contributed by atoms with van der Waals surface area (Å²) in [6, 6.07) is 2.39. The molecule has 0 amide bonds. The summed E-state index contributed by atoms with van der Waals surface area (Å²) in [6.07, 6.45) is 3.59. The molecule has 0 aromatic carbocycles.